The van der Waals surface area contributed by atoms with Crippen molar-refractivity contribution in [3.8, 4) is 0 Å². The van der Waals surface area contributed by atoms with Gasteiger partial charge in [-0.3, -0.25) is 14.4 Å². The molecule has 8 nitrogen and oxygen atoms in total. The molecule has 32 heavy (non-hydrogen) atoms. The number of benzene rings is 2. The molecule has 4 N–H and O–H groups in total. The molecule has 0 saturated carbocycles. The molecule has 0 radical (unpaired) electrons. The quantitative estimate of drug-likeness (QED) is 0.409. The Morgan fingerprint density at radius 1 is 0.875 bits per heavy atom. The van der Waals surface area contributed by atoms with Crippen LogP contribution in [0.3, 0.4) is 0 Å². The molecular weight excluding hydrogens is 408 g/mol. The molecule has 0 aliphatic carbocycles. The lowest BCUT2D eigenvalue weighted by molar-refractivity contribution is -0.119. The van der Waals surface area contributed by atoms with Crippen molar-refractivity contribution in [3.05, 3.63) is 78.3 Å². The van der Waals surface area contributed by atoms with E-state index in [4.69, 9.17) is 4.42 Å². The Balaban J connectivity index is 1.51. The van der Waals surface area contributed by atoms with Gasteiger partial charge in [-0.05, 0) is 48.5 Å². The molecule has 0 aliphatic rings. The minimum atomic E-state index is -0.269. The van der Waals surface area contributed by atoms with Crippen LogP contribution in [0.1, 0.15) is 30.0 Å². The standard InChI is InChI=1S/C24H26N4O4/c1-16(2)23(30)28-20-9-4-7-18(13-20)25-15-22(29)27-19-8-3-6-17(12-19)24(31)26-14-21-10-5-11-32-21/h3-13,16,25H,14-15H2,1-2H3,(H,26,31)(H,27,29)(H,28,30). The second-order valence-corrected chi connectivity index (χ2v) is 7.47. The molecule has 3 amide bonds. The van der Waals surface area contributed by atoms with Crippen LogP contribution in [-0.4, -0.2) is 24.3 Å². The van der Waals surface area contributed by atoms with Gasteiger partial charge >= 0.3 is 0 Å². The largest absolute Gasteiger partial charge is 0.467 e. The van der Waals surface area contributed by atoms with Gasteiger partial charge in [0, 0.05) is 28.5 Å². The van der Waals surface area contributed by atoms with Gasteiger partial charge in [-0.1, -0.05) is 26.0 Å². The van der Waals surface area contributed by atoms with Crippen molar-refractivity contribution >= 4 is 34.8 Å². The van der Waals surface area contributed by atoms with Gasteiger partial charge in [-0.2, -0.15) is 0 Å². The first-order valence-corrected chi connectivity index (χ1v) is 10.3. The molecular formula is C24H26N4O4. The SMILES string of the molecule is CC(C)C(=O)Nc1cccc(NCC(=O)Nc2cccc(C(=O)NCc3ccco3)c2)c1. The van der Waals surface area contributed by atoms with E-state index in [2.05, 4.69) is 21.3 Å². The molecule has 0 spiro atoms. The highest BCUT2D eigenvalue weighted by molar-refractivity contribution is 5.98. The van der Waals surface area contributed by atoms with Crippen molar-refractivity contribution in [1.29, 1.82) is 0 Å². The summed E-state index contributed by atoms with van der Waals surface area (Å²) in [7, 11) is 0. The fourth-order valence-electron chi connectivity index (χ4n) is 2.80. The molecule has 0 unspecified atom stereocenters. The number of hydrogen-bond donors (Lipinski definition) is 4. The average Bonchev–Trinajstić information content (AvgIpc) is 3.30. The van der Waals surface area contributed by atoms with Gasteiger partial charge in [0.2, 0.25) is 11.8 Å². The van der Waals surface area contributed by atoms with E-state index in [0.717, 1.165) is 0 Å². The van der Waals surface area contributed by atoms with E-state index in [1.807, 2.05) is 19.9 Å². The summed E-state index contributed by atoms with van der Waals surface area (Å²) in [5.41, 5.74) is 2.30. The zero-order valence-electron chi connectivity index (χ0n) is 18.0. The third kappa shape index (κ3) is 6.73. The van der Waals surface area contributed by atoms with E-state index in [0.29, 0.717) is 28.4 Å². The third-order valence-corrected chi connectivity index (χ3v) is 4.52. The topological polar surface area (TPSA) is 112 Å². The van der Waals surface area contributed by atoms with Gasteiger partial charge in [-0.15, -0.1) is 0 Å². The third-order valence-electron chi connectivity index (χ3n) is 4.52. The molecule has 1 heterocycles. The Morgan fingerprint density at radius 2 is 1.59 bits per heavy atom. The summed E-state index contributed by atoms with van der Waals surface area (Å²) in [6, 6.07) is 17.4. The number of amides is 3. The van der Waals surface area contributed by atoms with Gasteiger partial charge in [0.25, 0.3) is 5.91 Å². The first kappa shape index (κ1) is 22.6. The number of rotatable bonds is 9. The summed E-state index contributed by atoms with van der Waals surface area (Å²) >= 11 is 0. The Labute approximate surface area is 186 Å². The van der Waals surface area contributed by atoms with Gasteiger partial charge in [-0.25, -0.2) is 0 Å². The van der Waals surface area contributed by atoms with E-state index >= 15 is 0 Å². The Kier molecular flexibility index (Phi) is 7.64. The maximum atomic E-state index is 12.3. The van der Waals surface area contributed by atoms with E-state index in [-0.39, 0.29) is 36.7 Å². The molecule has 0 bridgehead atoms. The summed E-state index contributed by atoms with van der Waals surface area (Å²) in [6.07, 6.45) is 1.55. The first-order chi connectivity index (χ1) is 15.4. The molecule has 166 valence electrons. The number of furan rings is 1. The molecule has 3 rings (SSSR count). The summed E-state index contributed by atoms with van der Waals surface area (Å²) in [5, 5.41) is 11.4. The van der Waals surface area contributed by atoms with Crippen LogP contribution in [0.15, 0.2) is 71.3 Å². The van der Waals surface area contributed by atoms with Crippen molar-refractivity contribution in [2.45, 2.75) is 20.4 Å². The van der Waals surface area contributed by atoms with Crippen LogP contribution < -0.4 is 21.3 Å². The summed E-state index contributed by atoms with van der Waals surface area (Å²) < 4.78 is 5.20. The van der Waals surface area contributed by atoms with Crippen LogP contribution in [0.25, 0.3) is 0 Å². The number of nitrogens with one attached hydrogen (secondary N) is 4. The Morgan fingerprint density at radius 3 is 2.31 bits per heavy atom. The number of anilines is 3. The minimum Gasteiger partial charge on any atom is -0.467 e. The minimum absolute atomic E-state index is 0.0243. The van der Waals surface area contributed by atoms with Crippen LogP contribution in [0, 0.1) is 5.92 Å². The normalized spacial score (nSPS) is 10.5. The predicted octanol–water partition coefficient (Wildman–Crippen LogP) is 3.85. The highest BCUT2D eigenvalue weighted by Crippen LogP contribution is 2.16. The second kappa shape index (κ2) is 10.8. The van der Waals surface area contributed by atoms with Gasteiger partial charge in [0.05, 0.1) is 19.4 Å². The lowest BCUT2D eigenvalue weighted by Gasteiger charge is -2.11. The van der Waals surface area contributed by atoms with Gasteiger partial charge < -0.3 is 25.7 Å². The van der Waals surface area contributed by atoms with Gasteiger partial charge in [0.15, 0.2) is 0 Å². The van der Waals surface area contributed by atoms with Gasteiger partial charge in [0.1, 0.15) is 5.76 Å². The summed E-state index contributed by atoms with van der Waals surface area (Å²) in [4.78, 5) is 36.5. The maximum absolute atomic E-state index is 12.3. The smallest absolute Gasteiger partial charge is 0.251 e. The number of carbonyl (C=O) groups excluding carboxylic acids is 3. The number of hydrogen-bond acceptors (Lipinski definition) is 5. The van der Waals surface area contributed by atoms with E-state index in [9.17, 15) is 14.4 Å². The van der Waals surface area contributed by atoms with Crippen molar-refractivity contribution in [2.24, 2.45) is 5.92 Å². The van der Waals surface area contributed by atoms with E-state index < -0.39 is 0 Å². The zero-order valence-corrected chi connectivity index (χ0v) is 18.0. The van der Waals surface area contributed by atoms with Crippen LogP contribution in [0.2, 0.25) is 0 Å². The average molecular weight is 434 g/mol. The van der Waals surface area contributed by atoms with Crippen molar-refractivity contribution in [3.63, 3.8) is 0 Å². The molecule has 0 saturated heterocycles. The number of carbonyl (C=O) groups is 3. The summed E-state index contributed by atoms with van der Waals surface area (Å²) in [5.74, 6) is -0.0827. The lowest BCUT2D eigenvalue weighted by atomic mass is 10.2. The molecule has 0 fully saturated rings. The fraction of sp³-hybridized carbons (Fsp3) is 0.208. The maximum Gasteiger partial charge on any atom is 0.251 e. The van der Waals surface area contributed by atoms with Crippen molar-refractivity contribution < 1.29 is 18.8 Å². The van der Waals surface area contributed by atoms with Crippen molar-refractivity contribution in [2.75, 3.05) is 22.5 Å². The van der Waals surface area contributed by atoms with Crippen molar-refractivity contribution in [1.82, 2.24) is 5.32 Å². The summed E-state index contributed by atoms with van der Waals surface area (Å²) in [6.45, 7) is 3.94. The second-order valence-electron chi connectivity index (χ2n) is 7.47. The van der Waals surface area contributed by atoms with Crippen LogP contribution in [0.5, 0.6) is 0 Å². The highest BCUT2D eigenvalue weighted by Gasteiger charge is 2.10. The molecule has 0 atom stereocenters. The molecule has 1 aromatic heterocycles. The first-order valence-electron chi connectivity index (χ1n) is 10.3. The fourth-order valence-corrected chi connectivity index (χ4v) is 2.80. The van der Waals surface area contributed by atoms with E-state index in [1.165, 1.54) is 0 Å². The zero-order chi connectivity index (χ0) is 22.9. The Bertz CT molecular complexity index is 1080. The highest BCUT2D eigenvalue weighted by atomic mass is 16.3. The van der Waals surface area contributed by atoms with Crippen LogP contribution in [-0.2, 0) is 16.1 Å². The van der Waals surface area contributed by atoms with Crippen LogP contribution >= 0.6 is 0 Å². The van der Waals surface area contributed by atoms with E-state index in [1.54, 1.807) is 60.9 Å². The monoisotopic (exact) mass is 434 g/mol. The van der Waals surface area contributed by atoms with Crippen LogP contribution in [0.4, 0.5) is 17.1 Å². The molecule has 0 aliphatic heterocycles. The molecule has 3 aromatic rings. The molecule has 2 aromatic carbocycles. The molecule has 8 heteroatoms. The Hall–Kier alpha value is -4.07. The lowest BCUT2D eigenvalue weighted by Crippen LogP contribution is -2.24. The predicted molar refractivity (Wildman–Crippen MR) is 123 cm³/mol.